The van der Waals surface area contributed by atoms with Crippen LogP contribution in [0.4, 0.5) is 0 Å². The van der Waals surface area contributed by atoms with Crippen LogP contribution in [0.3, 0.4) is 0 Å². The van der Waals surface area contributed by atoms with Gasteiger partial charge in [-0.25, -0.2) is 4.79 Å². The molecule has 0 saturated heterocycles. The molecule has 1 amide bonds. The molecule has 0 heterocycles. The Morgan fingerprint density at radius 1 is 1.41 bits per heavy atom. The first-order chi connectivity index (χ1) is 7.91. The number of aromatic hydroxyl groups is 1. The fourth-order valence-corrected chi connectivity index (χ4v) is 1.55. The molecule has 1 rings (SSSR count). The molecule has 0 unspecified atom stereocenters. The molecule has 0 aliphatic carbocycles. The Labute approximate surface area is 110 Å². The number of hydrogen-bond acceptors (Lipinski definition) is 4. The number of aliphatic carboxylic acids is 1. The summed E-state index contributed by atoms with van der Waals surface area (Å²) < 4.78 is 0.754. The highest BCUT2D eigenvalue weighted by Gasteiger charge is 2.16. The molecule has 0 bridgehead atoms. The number of aliphatic hydroxyl groups is 1. The number of carboxylic acids is 1. The van der Waals surface area contributed by atoms with E-state index in [9.17, 15) is 14.7 Å². The zero-order valence-electron chi connectivity index (χ0n) is 8.55. The fraction of sp³-hybridized carbons (Fsp3) is 0.200. The van der Waals surface area contributed by atoms with Crippen molar-refractivity contribution < 1.29 is 24.9 Å². The quantitative estimate of drug-likeness (QED) is 0.579. The van der Waals surface area contributed by atoms with Gasteiger partial charge in [-0.15, -0.1) is 0 Å². The molecular weight excluding hydrogens is 341 g/mol. The standard InChI is InChI=1S/C10H10INO5/c11-5-1-2-7(13)6(3-5)9(15)12-4-8(14)10(16)17/h1-3,8,13-14H,4H2,(H,12,15)(H,16,17)/t8-/m0/s1. The number of phenolic OH excluding ortho intramolecular Hbond substituents is 1. The predicted molar refractivity (Wildman–Crippen MR) is 66.8 cm³/mol. The Kier molecular flexibility index (Phi) is 4.70. The summed E-state index contributed by atoms with van der Waals surface area (Å²) in [5.74, 6) is -2.26. The van der Waals surface area contributed by atoms with E-state index in [1.165, 1.54) is 12.1 Å². The Bertz CT molecular complexity index is 448. The van der Waals surface area contributed by atoms with Gasteiger partial charge in [-0.1, -0.05) is 0 Å². The molecule has 0 spiro atoms. The molecule has 0 aliphatic heterocycles. The average molecular weight is 351 g/mol. The third-order valence-electron chi connectivity index (χ3n) is 1.94. The Balaban J connectivity index is 2.70. The molecule has 0 fully saturated rings. The minimum Gasteiger partial charge on any atom is -0.507 e. The molecular formula is C10H10INO5. The first-order valence-electron chi connectivity index (χ1n) is 4.59. The summed E-state index contributed by atoms with van der Waals surface area (Å²) in [5.41, 5.74) is 0.0366. The number of amides is 1. The van der Waals surface area contributed by atoms with E-state index in [0.717, 1.165) is 3.57 Å². The summed E-state index contributed by atoms with van der Waals surface area (Å²) in [6.07, 6.45) is -1.66. The van der Waals surface area contributed by atoms with Gasteiger partial charge in [0, 0.05) is 3.57 Å². The second kappa shape index (κ2) is 5.82. The molecule has 4 N–H and O–H groups in total. The number of rotatable bonds is 4. The SMILES string of the molecule is O=C(NC[C@H](O)C(=O)O)c1cc(I)ccc1O. The van der Waals surface area contributed by atoms with Gasteiger partial charge < -0.3 is 20.6 Å². The van der Waals surface area contributed by atoms with Gasteiger partial charge in [0.25, 0.3) is 5.91 Å². The van der Waals surface area contributed by atoms with Gasteiger partial charge in [0.05, 0.1) is 12.1 Å². The Morgan fingerprint density at radius 3 is 2.65 bits per heavy atom. The fourth-order valence-electron chi connectivity index (χ4n) is 1.06. The minimum absolute atomic E-state index is 0.0366. The van der Waals surface area contributed by atoms with Gasteiger partial charge in [0.2, 0.25) is 0 Å². The van der Waals surface area contributed by atoms with Crippen molar-refractivity contribution in [2.24, 2.45) is 0 Å². The van der Waals surface area contributed by atoms with E-state index < -0.39 is 24.5 Å². The van der Waals surface area contributed by atoms with Crippen LogP contribution in [0.2, 0.25) is 0 Å². The number of carboxylic acid groups (broad SMARTS) is 1. The van der Waals surface area contributed by atoms with Crippen LogP contribution in [0.5, 0.6) is 5.75 Å². The molecule has 0 saturated carbocycles. The van der Waals surface area contributed by atoms with Crippen molar-refractivity contribution in [3.63, 3.8) is 0 Å². The maximum absolute atomic E-state index is 11.6. The molecule has 1 aromatic rings. The van der Waals surface area contributed by atoms with Crippen LogP contribution in [-0.4, -0.2) is 39.8 Å². The van der Waals surface area contributed by atoms with E-state index in [1.54, 1.807) is 6.07 Å². The minimum atomic E-state index is -1.66. The molecule has 0 radical (unpaired) electrons. The van der Waals surface area contributed by atoms with E-state index >= 15 is 0 Å². The van der Waals surface area contributed by atoms with Gasteiger partial charge in [0.1, 0.15) is 5.75 Å². The van der Waals surface area contributed by atoms with Gasteiger partial charge in [-0.05, 0) is 40.8 Å². The zero-order chi connectivity index (χ0) is 13.0. The smallest absolute Gasteiger partial charge is 0.334 e. The van der Waals surface area contributed by atoms with E-state index in [0.29, 0.717) is 0 Å². The largest absolute Gasteiger partial charge is 0.507 e. The van der Waals surface area contributed by atoms with E-state index in [2.05, 4.69) is 5.32 Å². The van der Waals surface area contributed by atoms with Crippen molar-refractivity contribution in [3.05, 3.63) is 27.3 Å². The zero-order valence-corrected chi connectivity index (χ0v) is 10.7. The number of aliphatic hydroxyl groups excluding tert-OH is 1. The first kappa shape index (κ1) is 13.7. The van der Waals surface area contributed by atoms with Crippen molar-refractivity contribution in [2.75, 3.05) is 6.54 Å². The number of nitrogens with one attached hydrogen (secondary N) is 1. The summed E-state index contributed by atoms with van der Waals surface area (Å²) >= 11 is 1.97. The monoisotopic (exact) mass is 351 g/mol. The number of benzene rings is 1. The van der Waals surface area contributed by atoms with Gasteiger partial charge >= 0.3 is 5.97 Å². The maximum atomic E-state index is 11.6. The normalized spacial score (nSPS) is 11.9. The highest BCUT2D eigenvalue weighted by Crippen LogP contribution is 2.19. The average Bonchev–Trinajstić information content (AvgIpc) is 2.28. The van der Waals surface area contributed by atoms with Crippen molar-refractivity contribution >= 4 is 34.5 Å². The van der Waals surface area contributed by atoms with E-state index in [4.69, 9.17) is 10.2 Å². The Hall–Kier alpha value is -1.35. The molecule has 0 aromatic heterocycles. The van der Waals surface area contributed by atoms with Crippen LogP contribution < -0.4 is 5.32 Å². The molecule has 1 atom stereocenters. The number of halogens is 1. The summed E-state index contributed by atoms with van der Waals surface area (Å²) in [7, 11) is 0. The lowest BCUT2D eigenvalue weighted by atomic mass is 10.2. The van der Waals surface area contributed by atoms with E-state index in [1.807, 2.05) is 22.6 Å². The lowest BCUT2D eigenvalue weighted by Crippen LogP contribution is -2.36. The second-order valence-corrected chi connectivity index (χ2v) is 4.47. The van der Waals surface area contributed by atoms with Crippen LogP contribution in [0, 0.1) is 3.57 Å². The van der Waals surface area contributed by atoms with Crippen molar-refractivity contribution in [1.82, 2.24) is 5.32 Å². The van der Waals surface area contributed by atoms with Crippen molar-refractivity contribution in [2.45, 2.75) is 6.10 Å². The number of carbonyl (C=O) groups excluding carboxylic acids is 1. The van der Waals surface area contributed by atoms with Crippen LogP contribution >= 0.6 is 22.6 Å². The van der Waals surface area contributed by atoms with Crippen LogP contribution in [-0.2, 0) is 4.79 Å². The van der Waals surface area contributed by atoms with Gasteiger partial charge in [0.15, 0.2) is 6.10 Å². The molecule has 6 nitrogen and oxygen atoms in total. The summed E-state index contributed by atoms with van der Waals surface area (Å²) in [6.45, 7) is -0.418. The summed E-state index contributed by atoms with van der Waals surface area (Å²) in [6, 6.07) is 4.45. The second-order valence-electron chi connectivity index (χ2n) is 3.23. The van der Waals surface area contributed by atoms with Crippen LogP contribution in [0.15, 0.2) is 18.2 Å². The predicted octanol–water partition coefficient (Wildman–Crippen LogP) is 0.172. The third kappa shape index (κ3) is 3.86. The lowest BCUT2D eigenvalue weighted by molar-refractivity contribution is -0.146. The Morgan fingerprint density at radius 2 is 2.06 bits per heavy atom. The highest BCUT2D eigenvalue weighted by molar-refractivity contribution is 14.1. The highest BCUT2D eigenvalue weighted by atomic mass is 127. The molecule has 92 valence electrons. The molecule has 7 heteroatoms. The molecule has 17 heavy (non-hydrogen) atoms. The summed E-state index contributed by atoms with van der Waals surface area (Å²) in [4.78, 5) is 21.9. The van der Waals surface area contributed by atoms with Crippen LogP contribution in [0.25, 0.3) is 0 Å². The third-order valence-corrected chi connectivity index (χ3v) is 2.62. The van der Waals surface area contributed by atoms with Gasteiger partial charge in [-0.2, -0.15) is 0 Å². The topological polar surface area (TPSA) is 107 Å². The summed E-state index contributed by atoms with van der Waals surface area (Å²) in [5, 5.41) is 29.0. The first-order valence-corrected chi connectivity index (χ1v) is 5.67. The van der Waals surface area contributed by atoms with E-state index in [-0.39, 0.29) is 11.3 Å². The van der Waals surface area contributed by atoms with Crippen molar-refractivity contribution in [3.8, 4) is 5.75 Å². The van der Waals surface area contributed by atoms with Gasteiger partial charge in [-0.3, -0.25) is 4.79 Å². The molecule has 0 aliphatic rings. The van der Waals surface area contributed by atoms with Crippen molar-refractivity contribution in [1.29, 1.82) is 0 Å². The number of hydrogen-bond donors (Lipinski definition) is 4. The molecule has 1 aromatic carbocycles. The number of carbonyl (C=O) groups is 2. The maximum Gasteiger partial charge on any atom is 0.334 e. The van der Waals surface area contributed by atoms with Crippen LogP contribution in [0.1, 0.15) is 10.4 Å². The lowest BCUT2D eigenvalue weighted by Gasteiger charge is -2.09. The number of phenols is 1.